The standard InChI is InChI=1S/C34H50Si/c1-19-17-29-21(3)25-11-9-13-27(25)23(5)31(29)33(19)35(15-7-8-16-35)34-20(2)18-30-22(4)26-12-10-14-28(26)24(6)32(30)34/h19-20,29-34H,7-18H2,1-6H3. The van der Waals surface area contributed by atoms with Gasteiger partial charge in [-0.25, -0.2) is 0 Å². The third kappa shape index (κ3) is 2.97. The molecule has 0 aromatic heterocycles. The van der Waals surface area contributed by atoms with Crippen LogP contribution in [-0.2, 0) is 0 Å². The van der Waals surface area contributed by atoms with Gasteiger partial charge in [-0.05, 0) is 148 Å². The van der Waals surface area contributed by atoms with Gasteiger partial charge in [-0.2, -0.15) is 0 Å². The summed E-state index contributed by atoms with van der Waals surface area (Å²) >= 11 is 0. The van der Waals surface area contributed by atoms with Crippen LogP contribution in [0.2, 0.25) is 23.2 Å². The van der Waals surface area contributed by atoms with E-state index in [0.717, 1.165) is 46.6 Å². The Kier molecular flexibility index (Phi) is 5.38. The monoisotopic (exact) mass is 486 g/mol. The summed E-state index contributed by atoms with van der Waals surface area (Å²) in [5.41, 5.74) is 17.0. The van der Waals surface area contributed by atoms with Crippen LogP contribution in [0.1, 0.15) is 106 Å². The van der Waals surface area contributed by atoms with Crippen molar-refractivity contribution in [1.29, 1.82) is 0 Å². The number of hydrogen-bond acceptors (Lipinski definition) is 0. The zero-order valence-electron chi connectivity index (χ0n) is 23.6. The van der Waals surface area contributed by atoms with Gasteiger partial charge >= 0.3 is 0 Å². The normalized spacial score (nSPS) is 44.4. The minimum atomic E-state index is -1.45. The van der Waals surface area contributed by atoms with Crippen molar-refractivity contribution in [2.24, 2.45) is 35.5 Å². The molecule has 1 saturated heterocycles. The first-order valence-corrected chi connectivity index (χ1v) is 18.2. The van der Waals surface area contributed by atoms with E-state index in [1.807, 2.05) is 44.6 Å². The van der Waals surface area contributed by atoms with Gasteiger partial charge in [-0.15, -0.1) is 0 Å². The molecule has 0 nitrogen and oxygen atoms in total. The number of allylic oxidation sites excluding steroid dienone is 8. The Morgan fingerprint density at radius 3 is 1.29 bits per heavy atom. The molecule has 35 heavy (non-hydrogen) atoms. The molecular weight excluding hydrogens is 436 g/mol. The van der Waals surface area contributed by atoms with Crippen LogP contribution in [0.4, 0.5) is 0 Å². The molecule has 7 aliphatic rings. The largest absolute Gasteiger partial charge is 0.0661 e. The molecule has 0 aromatic carbocycles. The summed E-state index contributed by atoms with van der Waals surface area (Å²) in [6.45, 7) is 15.8. The molecular formula is C34H50Si. The average molecular weight is 487 g/mol. The minimum Gasteiger partial charge on any atom is -0.0661 e. The SMILES string of the molecule is CC1=C2CCCC2=C(C)C2C1CC(C)C2[Si]1(C2C(C)CC3C(C)=C4CCCC4=C(C)C32)CCCC1. The fourth-order valence-corrected chi connectivity index (χ4v) is 21.3. The Labute approximate surface area is 216 Å². The molecule has 190 valence electrons. The Morgan fingerprint density at radius 2 is 0.886 bits per heavy atom. The lowest BCUT2D eigenvalue weighted by molar-refractivity contribution is 0.445. The first kappa shape index (κ1) is 23.3. The van der Waals surface area contributed by atoms with Crippen molar-refractivity contribution in [3.63, 3.8) is 0 Å². The maximum Gasteiger partial charge on any atom is 0.0615 e. The Morgan fingerprint density at radius 1 is 0.514 bits per heavy atom. The predicted molar refractivity (Wildman–Crippen MR) is 152 cm³/mol. The van der Waals surface area contributed by atoms with Crippen LogP contribution in [-0.4, -0.2) is 8.07 Å². The van der Waals surface area contributed by atoms with E-state index in [2.05, 4.69) is 41.5 Å². The molecule has 0 bridgehead atoms. The van der Waals surface area contributed by atoms with E-state index in [-0.39, 0.29) is 0 Å². The molecule has 8 atom stereocenters. The maximum absolute atomic E-state index is 2.73. The topological polar surface area (TPSA) is 0 Å². The van der Waals surface area contributed by atoms with Crippen molar-refractivity contribution < 1.29 is 0 Å². The second-order valence-corrected chi connectivity index (χ2v) is 19.3. The molecule has 0 N–H and O–H groups in total. The lowest BCUT2D eigenvalue weighted by Crippen LogP contribution is -2.49. The van der Waals surface area contributed by atoms with Crippen LogP contribution in [0.25, 0.3) is 0 Å². The molecule has 0 aromatic rings. The third-order valence-corrected chi connectivity index (χ3v) is 20.5. The highest BCUT2D eigenvalue weighted by Crippen LogP contribution is 2.71. The average Bonchev–Trinajstić information content (AvgIpc) is 3.64. The van der Waals surface area contributed by atoms with Crippen molar-refractivity contribution >= 4 is 8.07 Å². The summed E-state index contributed by atoms with van der Waals surface area (Å²) in [7, 11) is -1.45. The van der Waals surface area contributed by atoms with Crippen molar-refractivity contribution in [2.45, 2.75) is 129 Å². The molecule has 7 rings (SSSR count). The summed E-state index contributed by atoms with van der Waals surface area (Å²) in [5.74, 6) is 5.49. The number of fused-ring (bicyclic) bond motifs is 4. The maximum atomic E-state index is 2.73. The molecule has 1 aliphatic heterocycles. The molecule has 1 heteroatoms. The highest BCUT2D eigenvalue weighted by Gasteiger charge is 2.64. The van der Waals surface area contributed by atoms with Crippen molar-refractivity contribution in [2.75, 3.05) is 0 Å². The van der Waals surface area contributed by atoms with Crippen molar-refractivity contribution in [3.05, 3.63) is 44.6 Å². The Hall–Kier alpha value is -0.823. The molecule has 0 spiro atoms. The highest BCUT2D eigenvalue weighted by atomic mass is 28.3. The van der Waals surface area contributed by atoms with Gasteiger partial charge < -0.3 is 0 Å². The predicted octanol–water partition coefficient (Wildman–Crippen LogP) is 10.2. The van der Waals surface area contributed by atoms with Crippen LogP contribution in [0.3, 0.4) is 0 Å². The number of hydrogen-bond donors (Lipinski definition) is 0. The van der Waals surface area contributed by atoms with Crippen LogP contribution < -0.4 is 0 Å². The van der Waals surface area contributed by atoms with Crippen molar-refractivity contribution in [1.82, 2.24) is 0 Å². The molecule has 0 amide bonds. The van der Waals surface area contributed by atoms with E-state index in [9.17, 15) is 0 Å². The smallest absolute Gasteiger partial charge is 0.0615 e. The fraction of sp³-hybridized carbons (Fsp3) is 0.765. The first-order chi connectivity index (χ1) is 16.8. The summed E-state index contributed by atoms with van der Waals surface area (Å²) in [6.07, 6.45) is 14.5. The molecule has 0 radical (unpaired) electrons. The van der Waals surface area contributed by atoms with E-state index < -0.39 is 8.07 Å². The van der Waals surface area contributed by atoms with Crippen LogP contribution >= 0.6 is 0 Å². The molecule has 1 heterocycles. The first-order valence-electron chi connectivity index (χ1n) is 15.6. The van der Waals surface area contributed by atoms with Gasteiger partial charge in [0.2, 0.25) is 0 Å². The zero-order chi connectivity index (χ0) is 24.2. The van der Waals surface area contributed by atoms with Crippen molar-refractivity contribution in [3.8, 4) is 0 Å². The van der Waals surface area contributed by atoms with Gasteiger partial charge in [-0.3, -0.25) is 0 Å². The van der Waals surface area contributed by atoms with E-state index in [1.165, 1.54) is 51.4 Å². The quantitative estimate of drug-likeness (QED) is 0.340. The van der Waals surface area contributed by atoms with Crippen LogP contribution in [0.15, 0.2) is 44.6 Å². The summed E-state index contributed by atoms with van der Waals surface area (Å²) < 4.78 is 0. The summed E-state index contributed by atoms with van der Waals surface area (Å²) in [6, 6.07) is 3.33. The zero-order valence-corrected chi connectivity index (χ0v) is 24.6. The van der Waals surface area contributed by atoms with Gasteiger partial charge in [0, 0.05) is 0 Å². The third-order valence-electron chi connectivity index (χ3n) is 13.4. The lowest BCUT2D eigenvalue weighted by Gasteiger charge is -2.50. The molecule has 6 aliphatic carbocycles. The second-order valence-electron chi connectivity index (χ2n) is 14.5. The Bertz CT molecular complexity index is 992. The summed E-state index contributed by atoms with van der Waals surface area (Å²) in [5, 5.41) is 0. The molecule has 8 unspecified atom stereocenters. The van der Waals surface area contributed by atoms with Gasteiger partial charge in [0.25, 0.3) is 0 Å². The summed E-state index contributed by atoms with van der Waals surface area (Å²) in [4.78, 5) is 0. The van der Waals surface area contributed by atoms with Crippen LogP contribution in [0, 0.1) is 35.5 Å². The number of rotatable bonds is 2. The second kappa shape index (κ2) is 8.09. The molecule has 5 fully saturated rings. The van der Waals surface area contributed by atoms with Crippen LogP contribution in [0.5, 0.6) is 0 Å². The van der Waals surface area contributed by atoms with Gasteiger partial charge in [0.05, 0.1) is 8.07 Å². The fourth-order valence-electron chi connectivity index (χ4n) is 12.5. The van der Waals surface area contributed by atoms with E-state index >= 15 is 0 Å². The minimum absolute atomic E-state index is 0.887. The highest BCUT2D eigenvalue weighted by molar-refractivity contribution is 6.83. The lowest BCUT2D eigenvalue weighted by atomic mass is 9.74. The van der Waals surface area contributed by atoms with Gasteiger partial charge in [0.15, 0.2) is 0 Å². The Balaban J connectivity index is 1.35. The van der Waals surface area contributed by atoms with E-state index in [4.69, 9.17) is 0 Å². The van der Waals surface area contributed by atoms with Gasteiger partial charge in [-0.1, -0.05) is 61.1 Å². The van der Waals surface area contributed by atoms with Gasteiger partial charge in [0.1, 0.15) is 0 Å². The molecule has 4 saturated carbocycles. The van der Waals surface area contributed by atoms with E-state index in [0.29, 0.717) is 0 Å². The van der Waals surface area contributed by atoms with E-state index in [1.54, 1.807) is 24.9 Å².